The monoisotopic (exact) mass is 236 g/mol. The summed E-state index contributed by atoms with van der Waals surface area (Å²) in [5.74, 6) is 0.785. The second-order valence-electron chi connectivity index (χ2n) is 3.42. The fraction of sp³-hybridized carbons (Fsp3) is 0.0714. The van der Waals surface area contributed by atoms with Gasteiger partial charge in [-0.1, -0.05) is 30.3 Å². The number of hydrogen-bond donors (Lipinski definition) is 0. The molecular formula is C14H13NaO2. The van der Waals surface area contributed by atoms with Gasteiger partial charge < -0.3 is 4.74 Å². The van der Waals surface area contributed by atoms with Crippen molar-refractivity contribution in [3.05, 3.63) is 65.7 Å². The van der Waals surface area contributed by atoms with E-state index in [-0.39, 0.29) is 35.3 Å². The van der Waals surface area contributed by atoms with Gasteiger partial charge in [-0.3, -0.25) is 4.79 Å². The molecule has 0 saturated heterocycles. The van der Waals surface area contributed by atoms with E-state index >= 15 is 0 Å². The van der Waals surface area contributed by atoms with Crippen LogP contribution in [-0.2, 0) is 0 Å². The number of ketones is 1. The number of ether oxygens (including phenoxy) is 1. The molecule has 0 aliphatic carbocycles. The number of carbonyl (C=O) groups is 1. The fourth-order valence-electron chi connectivity index (χ4n) is 1.50. The molecule has 0 unspecified atom stereocenters. The molecule has 17 heavy (non-hydrogen) atoms. The van der Waals surface area contributed by atoms with E-state index in [1.54, 1.807) is 31.4 Å². The quantitative estimate of drug-likeness (QED) is 0.603. The van der Waals surface area contributed by atoms with Crippen LogP contribution in [0.25, 0.3) is 0 Å². The summed E-state index contributed by atoms with van der Waals surface area (Å²) in [6.07, 6.45) is 0. The molecule has 0 heterocycles. The van der Waals surface area contributed by atoms with E-state index in [0.29, 0.717) is 11.1 Å². The van der Waals surface area contributed by atoms with Crippen molar-refractivity contribution in [3.63, 3.8) is 0 Å². The molecule has 2 rings (SSSR count). The van der Waals surface area contributed by atoms with Crippen LogP contribution in [0.4, 0.5) is 0 Å². The maximum absolute atomic E-state index is 12.0. The average molecular weight is 236 g/mol. The molecule has 0 spiro atoms. The number of benzene rings is 2. The predicted octanol–water partition coefficient (Wildman–Crippen LogP) is 2.28. The average Bonchev–Trinajstić information content (AvgIpc) is 2.39. The van der Waals surface area contributed by atoms with Gasteiger partial charge in [-0.2, -0.15) is 0 Å². The third-order valence-corrected chi connectivity index (χ3v) is 2.39. The maximum atomic E-state index is 12.0. The topological polar surface area (TPSA) is 26.3 Å². The summed E-state index contributed by atoms with van der Waals surface area (Å²) < 4.78 is 5.04. The van der Waals surface area contributed by atoms with Crippen LogP contribution >= 0.6 is 0 Å². The Morgan fingerprint density at radius 2 is 1.41 bits per heavy atom. The van der Waals surface area contributed by atoms with Gasteiger partial charge in [0, 0.05) is 11.1 Å². The molecule has 3 heteroatoms. The molecule has 0 N–H and O–H groups in total. The summed E-state index contributed by atoms with van der Waals surface area (Å²) >= 11 is 0. The molecule has 0 bridgehead atoms. The first-order valence-corrected chi connectivity index (χ1v) is 5.05. The summed E-state index contributed by atoms with van der Waals surface area (Å²) in [5, 5.41) is 0. The summed E-state index contributed by atoms with van der Waals surface area (Å²) in [6, 6.07) is 16.4. The number of rotatable bonds is 3. The van der Waals surface area contributed by atoms with Crippen LogP contribution in [-0.4, -0.2) is 42.5 Å². The first kappa shape index (κ1) is 14.0. The third-order valence-electron chi connectivity index (χ3n) is 2.39. The second-order valence-corrected chi connectivity index (χ2v) is 3.42. The Balaban J connectivity index is 0.00000144. The van der Waals surface area contributed by atoms with Gasteiger partial charge in [0.1, 0.15) is 5.75 Å². The van der Waals surface area contributed by atoms with Crippen molar-refractivity contribution in [2.24, 2.45) is 0 Å². The van der Waals surface area contributed by atoms with Gasteiger partial charge in [-0.15, -0.1) is 0 Å². The van der Waals surface area contributed by atoms with Gasteiger partial charge in [0.15, 0.2) is 5.78 Å². The molecule has 0 amide bonds. The third kappa shape index (κ3) is 3.43. The van der Waals surface area contributed by atoms with Crippen molar-refractivity contribution in [1.29, 1.82) is 0 Å². The molecular weight excluding hydrogens is 223 g/mol. The number of hydrogen-bond acceptors (Lipinski definition) is 2. The molecule has 2 aromatic rings. The first-order chi connectivity index (χ1) is 7.81. The Morgan fingerprint density at radius 3 is 1.94 bits per heavy atom. The molecule has 2 nitrogen and oxygen atoms in total. The van der Waals surface area contributed by atoms with Crippen molar-refractivity contribution in [1.82, 2.24) is 0 Å². The zero-order valence-electron chi connectivity index (χ0n) is 9.01. The summed E-state index contributed by atoms with van der Waals surface area (Å²) in [5.41, 5.74) is 1.37. The van der Waals surface area contributed by atoms with Crippen molar-refractivity contribution >= 4 is 35.3 Å². The molecule has 82 valence electrons. The summed E-state index contributed by atoms with van der Waals surface area (Å²) in [7, 11) is 1.61. The van der Waals surface area contributed by atoms with Crippen molar-refractivity contribution < 1.29 is 9.53 Å². The van der Waals surface area contributed by atoms with Gasteiger partial charge in [0.05, 0.1) is 7.11 Å². The molecule has 0 radical (unpaired) electrons. The van der Waals surface area contributed by atoms with Gasteiger partial charge in [0.25, 0.3) is 0 Å². The Labute approximate surface area is 123 Å². The SMILES string of the molecule is COc1ccc(C(=O)c2ccccc2)cc1.[NaH]. The van der Waals surface area contributed by atoms with Gasteiger partial charge >= 0.3 is 29.6 Å². The van der Waals surface area contributed by atoms with E-state index in [0.717, 1.165) is 5.75 Å². The molecule has 0 aliphatic heterocycles. The molecule has 0 atom stereocenters. The minimum atomic E-state index is 0. The Hall–Kier alpha value is -1.09. The van der Waals surface area contributed by atoms with E-state index in [1.807, 2.05) is 30.3 Å². The first-order valence-electron chi connectivity index (χ1n) is 5.05. The van der Waals surface area contributed by atoms with E-state index in [9.17, 15) is 4.79 Å². The second kappa shape index (κ2) is 6.60. The van der Waals surface area contributed by atoms with Gasteiger partial charge in [-0.25, -0.2) is 0 Å². The summed E-state index contributed by atoms with van der Waals surface area (Å²) in [4.78, 5) is 12.0. The van der Waals surface area contributed by atoms with Gasteiger partial charge in [0.2, 0.25) is 0 Å². The van der Waals surface area contributed by atoms with Crippen LogP contribution in [0, 0.1) is 0 Å². The molecule has 0 aliphatic rings. The number of methoxy groups -OCH3 is 1. The van der Waals surface area contributed by atoms with Gasteiger partial charge in [-0.05, 0) is 24.3 Å². The minimum absolute atomic E-state index is 0. The van der Waals surface area contributed by atoms with Crippen LogP contribution in [0.3, 0.4) is 0 Å². The van der Waals surface area contributed by atoms with Crippen molar-refractivity contribution in [2.75, 3.05) is 7.11 Å². The molecule has 0 saturated carbocycles. The molecule has 0 aromatic heterocycles. The predicted molar refractivity (Wildman–Crippen MR) is 70.0 cm³/mol. The van der Waals surface area contributed by atoms with E-state index < -0.39 is 0 Å². The van der Waals surface area contributed by atoms with Crippen LogP contribution in [0.15, 0.2) is 54.6 Å². The zero-order valence-corrected chi connectivity index (χ0v) is 9.01. The Kier molecular flexibility index (Phi) is 5.42. The van der Waals surface area contributed by atoms with E-state index in [4.69, 9.17) is 4.74 Å². The van der Waals surface area contributed by atoms with Crippen LogP contribution in [0.5, 0.6) is 5.75 Å². The standard InChI is InChI=1S/C14H12O2.Na.H/c1-16-13-9-7-12(8-10-13)14(15)11-5-3-2-4-6-11;;/h2-10H,1H3;;. The summed E-state index contributed by atoms with van der Waals surface area (Å²) in [6.45, 7) is 0. The Morgan fingerprint density at radius 1 is 0.882 bits per heavy atom. The molecule has 0 fully saturated rings. The Bertz CT molecular complexity index is 477. The fourth-order valence-corrected chi connectivity index (χ4v) is 1.50. The normalized spacial score (nSPS) is 9.24. The van der Waals surface area contributed by atoms with Crippen LogP contribution in [0.1, 0.15) is 15.9 Å². The zero-order chi connectivity index (χ0) is 11.4. The van der Waals surface area contributed by atoms with Crippen LogP contribution in [0.2, 0.25) is 0 Å². The van der Waals surface area contributed by atoms with Crippen molar-refractivity contribution in [2.45, 2.75) is 0 Å². The van der Waals surface area contributed by atoms with E-state index in [2.05, 4.69) is 0 Å². The van der Waals surface area contributed by atoms with Crippen LogP contribution < -0.4 is 4.74 Å². The molecule has 2 aromatic carbocycles. The number of carbonyl (C=O) groups excluding carboxylic acids is 1. The van der Waals surface area contributed by atoms with E-state index in [1.165, 1.54) is 0 Å². The van der Waals surface area contributed by atoms with Crippen molar-refractivity contribution in [3.8, 4) is 5.75 Å².